The number of H-pyrrole nitrogens is 1. The average Bonchev–Trinajstić information content (AvgIpc) is 3.30. The van der Waals surface area contributed by atoms with Gasteiger partial charge in [0.2, 0.25) is 5.56 Å². The molecular formula is C23H27N3O. The second-order valence-electron chi connectivity index (χ2n) is 7.94. The highest BCUT2D eigenvalue weighted by atomic mass is 16.1. The molecule has 0 radical (unpaired) electrons. The van der Waals surface area contributed by atoms with E-state index < -0.39 is 0 Å². The van der Waals surface area contributed by atoms with Gasteiger partial charge in [-0.15, -0.1) is 0 Å². The molecule has 0 saturated heterocycles. The topological polar surface area (TPSA) is 50.7 Å². The van der Waals surface area contributed by atoms with E-state index in [4.69, 9.17) is 5.10 Å². The second-order valence-corrected chi connectivity index (χ2v) is 7.94. The minimum Gasteiger partial charge on any atom is -0.329 e. The normalized spacial score (nSPS) is 20.7. The highest BCUT2D eigenvalue weighted by Crippen LogP contribution is 2.42. The summed E-state index contributed by atoms with van der Waals surface area (Å²) in [4.78, 5) is 14.1. The Balaban J connectivity index is 1.42. The zero-order valence-electron chi connectivity index (χ0n) is 16.1. The Kier molecular flexibility index (Phi) is 4.97. The van der Waals surface area contributed by atoms with Crippen LogP contribution in [0.2, 0.25) is 0 Å². The summed E-state index contributed by atoms with van der Waals surface area (Å²) in [6, 6.07) is 16.3. The molecule has 3 atom stereocenters. The molecule has 0 spiro atoms. The molecule has 0 amide bonds. The number of rotatable bonds is 5. The summed E-state index contributed by atoms with van der Waals surface area (Å²) in [5.74, 6) is 1.75. The predicted octanol–water partition coefficient (Wildman–Crippen LogP) is 4.85. The van der Waals surface area contributed by atoms with E-state index in [1.54, 1.807) is 6.07 Å². The maximum atomic E-state index is 11.3. The summed E-state index contributed by atoms with van der Waals surface area (Å²) in [6.07, 6.45) is 6.73. The first-order valence-electron chi connectivity index (χ1n) is 9.88. The van der Waals surface area contributed by atoms with Gasteiger partial charge >= 0.3 is 0 Å². The van der Waals surface area contributed by atoms with Gasteiger partial charge in [-0.2, -0.15) is 5.10 Å². The fraction of sp³-hybridized carbons (Fsp3) is 0.391. The van der Waals surface area contributed by atoms with Crippen LogP contribution in [0, 0.1) is 5.92 Å². The highest BCUT2D eigenvalue weighted by molar-refractivity contribution is 5.59. The molecule has 4 nitrogen and oxygen atoms in total. The van der Waals surface area contributed by atoms with E-state index in [0.717, 1.165) is 5.92 Å². The van der Waals surface area contributed by atoms with Crippen LogP contribution in [0.3, 0.4) is 0 Å². The van der Waals surface area contributed by atoms with Gasteiger partial charge in [-0.1, -0.05) is 43.3 Å². The minimum absolute atomic E-state index is 0.0220. The quantitative estimate of drug-likeness (QED) is 0.706. The number of aromatic nitrogens is 3. The zero-order valence-corrected chi connectivity index (χ0v) is 16.1. The third kappa shape index (κ3) is 3.90. The van der Waals surface area contributed by atoms with Crippen LogP contribution < -0.4 is 5.56 Å². The van der Waals surface area contributed by atoms with Crippen LogP contribution in [0.5, 0.6) is 0 Å². The van der Waals surface area contributed by atoms with Gasteiger partial charge in [0.15, 0.2) is 0 Å². The molecule has 27 heavy (non-hydrogen) atoms. The lowest BCUT2D eigenvalue weighted by Crippen LogP contribution is -2.06. The molecular weight excluding hydrogens is 334 g/mol. The van der Waals surface area contributed by atoms with Gasteiger partial charge in [0, 0.05) is 25.2 Å². The van der Waals surface area contributed by atoms with E-state index in [0.29, 0.717) is 11.8 Å². The SMILES string of the molecule is C[C@@H](CC1CC[C@H](c2ccc(=O)[nH]c2)C1)c1cc(-c2ccccc2)n(C)n1. The summed E-state index contributed by atoms with van der Waals surface area (Å²) in [5, 5.41) is 4.79. The Labute approximate surface area is 160 Å². The van der Waals surface area contributed by atoms with Crippen molar-refractivity contribution in [3.8, 4) is 11.3 Å². The molecule has 1 fully saturated rings. The number of nitrogens with one attached hydrogen (secondary N) is 1. The highest BCUT2D eigenvalue weighted by Gasteiger charge is 2.28. The average molecular weight is 361 g/mol. The van der Waals surface area contributed by atoms with Crippen LogP contribution in [-0.4, -0.2) is 14.8 Å². The first-order chi connectivity index (χ1) is 13.1. The van der Waals surface area contributed by atoms with Gasteiger partial charge < -0.3 is 4.98 Å². The number of nitrogens with zero attached hydrogens (tertiary/aromatic N) is 2. The van der Waals surface area contributed by atoms with Crippen LogP contribution >= 0.6 is 0 Å². The van der Waals surface area contributed by atoms with Gasteiger partial charge in [0.1, 0.15) is 0 Å². The van der Waals surface area contributed by atoms with Crippen LogP contribution in [0.15, 0.2) is 59.5 Å². The van der Waals surface area contributed by atoms with Crippen molar-refractivity contribution in [3.05, 3.63) is 76.3 Å². The Bertz CT molecular complexity index is 937. The van der Waals surface area contributed by atoms with Crippen LogP contribution in [0.25, 0.3) is 11.3 Å². The van der Waals surface area contributed by atoms with E-state index in [9.17, 15) is 4.79 Å². The molecule has 1 saturated carbocycles. The first kappa shape index (κ1) is 17.8. The third-order valence-electron chi connectivity index (χ3n) is 5.98. The zero-order chi connectivity index (χ0) is 18.8. The molecule has 0 aliphatic heterocycles. The fourth-order valence-electron chi connectivity index (χ4n) is 4.50. The Hall–Kier alpha value is -2.62. The molecule has 2 heterocycles. The van der Waals surface area contributed by atoms with Crippen molar-refractivity contribution in [2.24, 2.45) is 13.0 Å². The molecule has 2 aromatic heterocycles. The molecule has 4 rings (SSSR count). The molecule has 3 aromatic rings. The van der Waals surface area contributed by atoms with Crippen LogP contribution in [-0.2, 0) is 7.05 Å². The summed E-state index contributed by atoms with van der Waals surface area (Å²) >= 11 is 0. The van der Waals surface area contributed by atoms with Crippen molar-refractivity contribution in [1.82, 2.24) is 14.8 Å². The largest absolute Gasteiger partial charge is 0.329 e. The van der Waals surface area contributed by atoms with Crippen molar-refractivity contribution in [3.63, 3.8) is 0 Å². The van der Waals surface area contributed by atoms with E-state index in [2.05, 4.69) is 42.2 Å². The third-order valence-corrected chi connectivity index (χ3v) is 5.98. The van der Waals surface area contributed by atoms with E-state index >= 15 is 0 Å². The van der Waals surface area contributed by atoms with Crippen molar-refractivity contribution >= 4 is 0 Å². The van der Waals surface area contributed by atoms with Crippen molar-refractivity contribution < 1.29 is 0 Å². The van der Waals surface area contributed by atoms with Crippen LogP contribution in [0.4, 0.5) is 0 Å². The number of hydrogen-bond donors (Lipinski definition) is 1. The predicted molar refractivity (Wildman–Crippen MR) is 109 cm³/mol. The lowest BCUT2D eigenvalue weighted by molar-refractivity contribution is 0.448. The Morgan fingerprint density at radius 3 is 2.74 bits per heavy atom. The molecule has 4 heteroatoms. The summed E-state index contributed by atoms with van der Waals surface area (Å²) in [6.45, 7) is 2.30. The molecule has 1 aromatic carbocycles. The van der Waals surface area contributed by atoms with Gasteiger partial charge in [0.05, 0.1) is 11.4 Å². The number of aryl methyl sites for hydroxylation is 1. The Morgan fingerprint density at radius 1 is 1.19 bits per heavy atom. The molecule has 0 bridgehead atoms. The Morgan fingerprint density at radius 2 is 2.00 bits per heavy atom. The second kappa shape index (κ2) is 7.55. The lowest BCUT2D eigenvalue weighted by atomic mass is 9.90. The molecule has 1 aliphatic carbocycles. The van der Waals surface area contributed by atoms with Gasteiger partial charge in [-0.05, 0) is 54.7 Å². The number of hydrogen-bond acceptors (Lipinski definition) is 2. The number of pyridine rings is 1. The van der Waals surface area contributed by atoms with Crippen molar-refractivity contribution in [1.29, 1.82) is 0 Å². The van der Waals surface area contributed by atoms with Gasteiger partial charge in [-0.25, -0.2) is 0 Å². The van der Waals surface area contributed by atoms with Gasteiger partial charge in [0.25, 0.3) is 0 Å². The van der Waals surface area contributed by atoms with Crippen molar-refractivity contribution in [2.75, 3.05) is 0 Å². The van der Waals surface area contributed by atoms with Crippen molar-refractivity contribution in [2.45, 2.75) is 44.4 Å². The number of benzene rings is 1. The van der Waals surface area contributed by atoms with E-state index in [-0.39, 0.29) is 5.56 Å². The minimum atomic E-state index is -0.0220. The lowest BCUT2D eigenvalue weighted by Gasteiger charge is -2.15. The maximum Gasteiger partial charge on any atom is 0.247 e. The van der Waals surface area contributed by atoms with E-state index in [1.807, 2.05) is 30.1 Å². The smallest absolute Gasteiger partial charge is 0.247 e. The summed E-state index contributed by atoms with van der Waals surface area (Å²) in [7, 11) is 2.03. The molecule has 1 aliphatic rings. The molecule has 1 unspecified atom stereocenters. The van der Waals surface area contributed by atoms with E-state index in [1.165, 1.54) is 48.2 Å². The first-order valence-corrected chi connectivity index (χ1v) is 9.88. The summed E-state index contributed by atoms with van der Waals surface area (Å²) < 4.78 is 2.00. The standard InChI is InChI=1S/C23H27N3O/c1-16(21-14-22(26(2)25-21)18-6-4-3-5-7-18)12-17-8-9-19(13-17)20-10-11-23(27)24-15-20/h3-7,10-11,14-17,19H,8-9,12-13H2,1-2H3,(H,24,27)/t16-,17?,19-/m0/s1. The monoisotopic (exact) mass is 361 g/mol. The fourth-order valence-corrected chi connectivity index (χ4v) is 4.50. The molecule has 1 N–H and O–H groups in total. The summed E-state index contributed by atoms with van der Waals surface area (Å²) in [5.41, 5.74) is 4.82. The van der Waals surface area contributed by atoms with Gasteiger partial charge in [-0.3, -0.25) is 9.48 Å². The number of aromatic amines is 1. The van der Waals surface area contributed by atoms with Crippen LogP contribution in [0.1, 0.15) is 55.7 Å². The maximum absolute atomic E-state index is 11.3. The molecule has 140 valence electrons.